The van der Waals surface area contributed by atoms with E-state index in [2.05, 4.69) is 10.3 Å². The molecule has 19 heavy (non-hydrogen) atoms. The molecule has 0 fully saturated rings. The normalized spacial score (nSPS) is 11.3. The van der Waals surface area contributed by atoms with Crippen molar-refractivity contribution in [2.45, 2.75) is 53.2 Å². The highest BCUT2D eigenvalue weighted by atomic mass is 16.6. The highest BCUT2D eigenvalue weighted by Crippen LogP contribution is 2.20. The molecule has 1 aromatic heterocycles. The summed E-state index contributed by atoms with van der Waals surface area (Å²) in [7, 11) is 0. The summed E-state index contributed by atoms with van der Waals surface area (Å²) in [6.45, 7) is 11.2. The van der Waals surface area contributed by atoms with Crippen LogP contribution in [0.25, 0.3) is 0 Å². The number of hydrogen-bond acceptors (Lipinski definition) is 4. The van der Waals surface area contributed by atoms with Crippen molar-refractivity contribution >= 4 is 11.8 Å². The zero-order chi connectivity index (χ0) is 14.6. The Balaban J connectivity index is 2.72. The lowest BCUT2D eigenvalue weighted by atomic mass is 10.2. The molecule has 0 aliphatic rings. The first-order valence-electron chi connectivity index (χ1n) is 6.30. The van der Waals surface area contributed by atoms with Crippen LogP contribution in [0.4, 0.5) is 10.5 Å². The van der Waals surface area contributed by atoms with Crippen molar-refractivity contribution in [3.05, 3.63) is 17.8 Å². The molecule has 106 valence electrons. The van der Waals surface area contributed by atoms with Crippen LogP contribution in [-0.4, -0.2) is 22.8 Å². The number of pyridine rings is 1. The summed E-state index contributed by atoms with van der Waals surface area (Å²) in [4.78, 5) is 15.8. The number of nitrogens with one attached hydrogen (secondary N) is 1. The summed E-state index contributed by atoms with van der Waals surface area (Å²) in [5, 5.41) is 2.67. The number of amides is 1. The van der Waals surface area contributed by atoms with Gasteiger partial charge in [-0.2, -0.15) is 0 Å². The molecule has 0 unspecified atom stereocenters. The Morgan fingerprint density at radius 3 is 2.47 bits per heavy atom. The van der Waals surface area contributed by atoms with Gasteiger partial charge in [-0.15, -0.1) is 0 Å². The van der Waals surface area contributed by atoms with E-state index in [1.807, 2.05) is 41.5 Å². The monoisotopic (exact) mass is 266 g/mol. The fourth-order valence-corrected chi connectivity index (χ4v) is 1.38. The minimum atomic E-state index is -0.522. The summed E-state index contributed by atoms with van der Waals surface area (Å²) in [6, 6.07) is 1.78. The molecule has 0 atom stereocenters. The summed E-state index contributed by atoms with van der Waals surface area (Å²) in [6.07, 6.45) is 1.14. The van der Waals surface area contributed by atoms with E-state index in [9.17, 15) is 4.79 Å². The van der Waals surface area contributed by atoms with Gasteiger partial charge >= 0.3 is 6.09 Å². The largest absolute Gasteiger partial charge is 0.475 e. The second kappa shape index (κ2) is 5.91. The molecule has 0 radical (unpaired) electrons. The van der Waals surface area contributed by atoms with Crippen molar-refractivity contribution in [1.29, 1.82) is 0 Å². The van der Waals surface area contributed by atoms with Crippen LogP contribution in [0.3, 0.4) is 0 Å². The van der Waals surface area contributed by atoms with Gasteiger partial charge in [0.1, 0.15) is 5.60 Å². The van der Waals surface area contributed by atoms with Crippen LogP contribution in [0.5, 0.6) is 5.88 Å². The predicted molar refractivity (Wildman–Crippen MR) is 74.6 cm³/mol. The van der Waals surface area contributed by atoms with E-state index in [-0.39, 0.29) is 6.10 Å². The van der Waals surface area contributed by atoms with E-state index < -0.39 is 11.7 Å². The third kappa shape index (κ3) is 5.59. The molecule has 0 bridgehead atoms. The molecule has 1 amide bonds. The number of carbonyl (C=O) groups excluding carboxylic acids is 1. The van der Waals surface area contributed by atoms with Crippen LogP contribution < -0.4 is 10.1 Å². The number of hydrogen-bond donors (Lipinski definition) is 1. The topological polar surface area (TPSA) is 60.5 Å². The Morgan fingerprint density at radius 1 is 1.37 bits per heavy atom. The minimum absolute atomic E-state index is 0.0663. The maximum Gasteiger partial charge on any atom is 0.412 e. The maximum absolute atomic E-state index is 11.7. The van der Waals surface area contributed by atoms with Gasteiger partial charge < -0.3 is 9.47 Å². The number of carbonyl (C=O) groups is 1. The van der Waals surface area contributed by atoms with Crippen LogP contribution in [0.15, 0.2) is 12.3 Å². The first-order chi connectivity index (χ1) is 8.67. The fraction of sp³-hybridized carbons (Fsp3) is 0.571. The van der Waals surface area contributed by atoms with E-state index in [4.69, 9.17) is 9.47 Å². The summed E-state index contributed by atoms with van der Waals surface area (Å²) in [5.74, 6) is 0.544. The van der Waals surface area contributed by atoms with E-state index in [1.54, 1.807) is 12.3 Å². The Kier molecular flexibility index (Phi) is 4.75. The number of ether oxygens (including phenoxy) is 2. The second-order valence-corrected chi connectivity index (χ2v) is 5.63. The minimum Gasteiger partial charge on any atom is -0.475 e. The molecule has 0 saturated carbocycles. The summed E-state index contributed by atoms with van der Waals surface area (Å²) >= 11 is 0. The average Bonchev–Trinajstić information content (AvgIpc) is 2.18. The van der Waals surface area contributed by atoms with Crippen LogP contribution in [0.1, 0.15) is 40.2 Å². The van der Waals surface area contributed by atoms with Gasteiger partial charge in [-0.25, -0.2) is 9.78 Å². The van der Waals surface area contributed by atoms with Crippen molar-refractivity contribution in [3.8, 4) is 5.88 Å². The second-order valence-electron chi connectivity index (χ2n) is 5.63. The van der Waals surface area contributed by atoms with Crippen LogP contribution >= 0.6 is 0 Å². The van der Waals surface area contributed by atoms with Crippen molar-refractivity contribution in [2.24, 2.45) is 0 Å². The first kappa shape index (κ1) is 15.3. The lowest BCUT2D eigenvalue weighted by Crippen LogP contribution is -2.27. The van der Waals surface area contributed by atoms with Gasteiger partial charge in [-0.3, -0.25) is 5.32 Å². The van der Waals surface area contributed by atoms with Gasteiger partial charge in [0.2, 0.25) is 5.88 Å². The quantitative estimate of drug-likeness (QED) is 0.909. The van der Waals surface area contributed by atoms with Gasteiger partial charge in [-0.1, -0.05) is 0 Å². The van der Waals surface area contributed by atoms with Crippen molar-refractivity contribution in [2.75, 3.05) is 5.32 Å². The van der Waals surface area contributed by atoms with Crippen LogP contribution in [0, 0.1) is 6.92 Å². The number of anilines is 1. The number of aryl methyl sites for hydroxylation is 1. The summed E-state index contributed by atoms with van der Waals surface area (Å²) in [5.41, 5.74) is 0.966. The molecule has 0 saturated heterocycles. The molecule has 1 N–H and O–H groups in total. The molecule has 0 aromatic carbocycles. The highest BCUT2D eigenvalue weighted by molar-refractivity contribution is 5.85. The lowest BCUT2D eigenvalue weighted by molar-refractivity contribution is 0.0635. The van der Waals surface area contributed by atoms with Crippen molar-refractivity contribution in [1.82, 2.24) is 4.98 Å². The Bertz CT molecular complexity index is 450. The van der Waals surface area contributed by atoms with Crippen LogP contribution in [0.2, 0.25) is 0 Å². The molecule has 1 aromatic rings. The molecular formula is C14H22N2O3. The highest BCUT2D eigenvalue weighted by Gasteiger charge is 2.17. The third-order valence-electron chi connectivity index (χ3n) is 2.08. The molecule has 1 heterocycles. The molecule has 0 aliphatic heterocycles. The van der Waals surface area contributed by atoms with Gasteiger partial charge in [0.25, 0.3) is 0 Å². The lowest BCUT2D eigenvalue weighted by Gasteiger charge is -2.20. The zero-order valence-electron chi connectivity index (χ0n) is 12.4. The number of nitrogens with zero attached hydrogens (tertiary/aromatic N) is 1. The third-order valence-corrected chi connectivity index (χ3v) is 2.08. The molecule has 5 nitrogen and oxygen atoms in total. The fourth-order valence-electron chi connectivity index (χ4n) is 1.38. The van der Waals surface area contributed by atoms with Crippen molar-refractivity contribution in [3.63, 3.8) is 0 Å². The molecular weight excluding hydrogens is 244 g/mol. The predicted octanol–water partition coefficient (Wildman–Crippen LogP) is 3.52. The smallest absolute Gasteiger partial charge is 0.412 e. The standard InChI is InChI=1S/C14H22N2O3/c1-9(2)18-12-7-10(3)11(8-15-12)16-13(17)19-14(4,5)6/h7-9H,1-6H3,(H,16,17). The van der Waals surface area contributed by atoms with E-state index in [0.717, 1.165) is 5.56 Å². The number of rotatable bonds is 3. The van der Waals surface area contributed by atoms with Gasteiger partial charge in [0.05, 0.1) is 18.0 Å². The van der Waals surface area contributed by atoms with Crippen LogP contribution in [-0.2, 0) is 4.74 Å². The Morgan fingerprint density at radius 2 is 2.00 bits per heavy atom. The number of aromatic nitrogens is 1. The maximum atomic E-state index is 11.7. The van der Waals surface area contributed by atoms with Gasteiger partial charge in [0.15, 0.2) is 0 Å². The van der Waals surface area contributed by atoms with E-state index in [1.165, 1.54) is 0 Å². The molecule has 5 heteroatoms. The van der Waals surface area contributed by atoms with E-state index >= 15 is 0 Å². The Hall–Kier alpha value is -1.78. The van der Waals surface area contributed by atoms with Gasteiger partial charge in [0, 0.05) is 6.07 Å². The zero-order valence-corrected chi connectivity index (χ0v) is 12.4. The Labute approximate surface area is 114 Å². The molecule has 0 spiro atoms. The summed E-state index contributed by atoms with van der Waals surface area (Å²) < 4.78 is 10.7. The average molecular weight is 266 g/mol. The first-order valence-corrected chi connectivity index (χ1v) is 6.30. The molecule has 1 rings (SSSR count). The van der Waals surface area contributed by atoms with Gasteiger partial charge in [-0.05, 0) is 47.1 Å². The van der Waals surface area contributed by atoms with E-state index in [0.29, 0.717) is 11.6 Å². The SMILES string of the molecule is Cc1cc(OC(C)C)ncc1NC(=O)OC(C)(C)C. The molecule has 0 aliphatic carbocycles. The van der Waals surface area contributed by atoms with Crippen molar-refractivity contribution < 1.29 is 14.3 Å².